The van der Waals surface area contributed by atoms with Gasteiger partial charge in [-0.05, 0) is 51.0 Å². The van der Waals surface area contributed by atoms with E-state index in [2.05, 4.69) is 74.0 Å². The summed E-state index contributed by atoms with van der Waals surface area (Å²) in [7, 11) is 8.51. The summed E-state index contributed by atoms with van der Waals surface area (Å²) in [5.41, 5.74) is 9.61. The zero-order chi connectivity index (χ0) is 20.2. The number of nitrogen functional groups attached to an aromatic ring is 1. The van der Waals surface area contributed by atoms with Gasteiger partial charge in [-0.1, -0.05) is 13.0 Å². The zero-order valence-corrected chi connectivity index (χ0v) is 20.5. The van der Waals surface area contributed by atoms with Crippen LogP contribution < -0.4 is 23.0 Å². The average Bonchev–Trinajstić information content (AvgIpc) is 2.87. The summed E-state index contributed by atoms with van der Waals surface area (Å²) >= 11 is 0. The van der Waals surface area contributed by atoms with Gasteiger partial charge in [0, 0.05) is 60.3 Å². The van der Waals surface area contributed by atoms with Gasteiger partial charge in [0.1, 0.15) is 0 Å². The molecule has 0 spiro atoms. The second-order valence-corrected chi connectivity index (χ2v) is 9.80. The summed E-state index contributed by atoms with van der Waals surface area (Å²) in [4.78, 5) is 5.17. The number of nitrogens with zero attached hydrogens (tertiary/aromatic N) is 3. The molecular weight excluding hydrogens is 384 g/mol. The summed E-state index contributed by atoms with van der Waals surface area (Å²) in [5.74, 6) is 0.637. The number of hydrogen-bond donors (Lipinski definition) is 1. The van der Waals surface area contributed by atoms with Gasteiger partial charge in [-0.15, -0.1) is 0 Å². The van der Waals surface area contributed by atoms with Crippen molar-refractivity contribution in [3.63, 3.8) is 0 Å². The van der Waals surface area contributed by atoms with Crippen molar-refractivity contribution < 1.29 is 16.9 Å². The second kappa shape index (κ2) is 10.3. The molecule has 28 heavy (non-hydrogen) atoms. The number of nitrogens with two attached hydrogens (primary N) is 1. The van der Waals surface area contributed by atoms with E-state index < -0.39 is 0 Å². The molecule has 6 heteroatoms. The van der Waals surface area contributed by atoms with Crippen LogP contribution in [0.2, 0.25) is 6.04 Å². The van der Waals surface area contributed by atoms with Gasteiger partial charge in [0.05, 0.1) is 26.2 Å². The normalized spacial score (nSPS) is 17.8. The Labute approximate surface area is 182 Å². The number of rotatable bonds is 7. The molecule has 1 saturated heterocycles. The lowest BCUT2D eigenvalue weighted by Crippen LogP contribution is -3.00. The molecule has 3 radical (unpaired) electrons. The van der Waals surface area contributed by atoms with Crippen LogP contribution in [0.1, 0.15) is 32.8 Å². The highest BCUT2D eigenvalue weighted by Crippen LogP contribution is 2.30. The summed E-state index contributed by atoms with van der Waals surface area (Å²) in [6.45, 7) is 16.2. The molecule has 2 N–H and O–H groups in total. The van der Waals surface area contributed by atoms with Crippen molar-refractivity contribution in [2.24, 2.45) is 5.92 Å². The Morgan fingerprint density at radius 3 is 2.46 bits per heavy atom. The highest BCUT2D eigenvalue weighted by Gasteiger charge is 2.40. The minimum absolute atomic E-state index is 0. The molecule has 0 bridgehead atoms. The topological polar surface area (TPSA) is 32.5 Å². The number of likely N-dealkylation sites (N-methyl/N-ethyl adjacent to an activating group) is 1. The molecule has 1 atom stereocenters. The van der Waals surface area contributed by atoms with Gasteiger partial charge < -0.3 is 27.5 Å². The maximum Gasteiger partial charge on any atom is 0.0954 e. The van der Waals surface area contributed by atoms with E-state index in [9.17, 15) is 0 Å². The predicted octanol–water partition coefficient (Wildman–Crippen LogP) is 0.171. The molecular formula is C22H40ClN4Si. The third kappa shape index (κ3) is 5.88. The van der Waals surface area contributed by atoms with E-state index in [-0.39, 0.29) is 17.9 Å². The van der Waals surface area contributed by atoms with Crippen molar-refractivity contribution in [2.45, 2.75) is 45.7 Å². The molecule has 1 fully saturated rings. The summed E-state index contributed by atoms with van der Waals surface area (Å²) < 4.78 is 1.05. The molecule has 0 aliphatic carbocycles. The standard InChI is InChI=1S/C22H40N4Si.ClH/c1-18-16-20(8-9-21(18)23)25-11-7-10-24(12-13-25)14-15-26(5,6)22(3,4)19(2)17-27;/h8-9,16,19H,7,10-15,17,23H2,1-6H3;1H/q+1;/p-1. The smallest absolute Gasteiger partial charge is 0.0954 e. The molecule has 0 aromatic heterocycles. The van der Waals surface area contributed by atoms with Crippen molar-refractivity contribution in [3.05, 3.63) is 23.8 Å². The second-order valence-electron chi connectivity index (χ2n) is 9.39. The van der Waals surface area contributed by atoms with E-state index in [1.54, 1.807) is 0 Å². The van der Waals surface area contributed by atoms with Crippen LogP contribution in [0.25, 0.3) is 0 Å². The fraction of sp³-hybridized carbons (Fsp3) is 0.727. The van der Waals surface area contributed by atoms with Gasteiger partial charge in [-0.3, -0.25) is 4.90 Å². The fourth-order valence-electron chi connectivity index (χ4n) is 3.84. The van der Waals surface area contributed by atoms with Crippen LogP contribution in [0.4, 0.5) is 11.4 Å². The lowest BCUT2D eigenvalue weighted by molar-refractivity contribution is -0.941. The molecule has 0 amide bonds. The molecule has 0 saturated carbocycles. The van der Waals surface area contributed by atoms with E-state index in [4.69, 9.17) is 5.73 Å². The molecule has 2 rings (SSSR count). The minimum Gasteiger partial charge on any atom is -1.00 e. The van der Waals surface area contributed by atoms with Crippen molar-refractivity contribution in [1.82, 2.24) is 4.90 Å². The Balaban J connectivity index is 0.00000392. The molecule has 1 aliphatic heterocycles. The Morgan fingerprint density at radius 1 is 1.18 bits per heavy atom. The average molecular weight is 424 g/mol. The van der Waals surface area contributed by atoms with Gasteiger partial charge in [0.2, 0.25) is 0 Å². The van der Waals surface area contributed by atoms with Crippen LogP contribution in [0.15, 0.2) is 18.2 Å². The first-order valence-electron chi connectivity index (χ1n) is 10.4. The largest absolute Gasteiger partial charge is 1.00 e. The molecule has 1 aromatic rings. The number of anilines is 2. The predicted molar refractivity (Wildman–Crippen MR) is 120 cm³/mol. The van der Waals surface area contributed by atoms with Crippen LogP contribution in [-0.4, -0.2) is 78.5 Å². The maximum absolute atomic E-state index is 5.99. The van der Waals surface area contributed by atoms with Gasteiger partial charge in [0.25, 0.3) is 0 Å². The molecule has 1 heterocycles. The van der Waals surface area contributed by atoms with Gasteiger partial charge in [-0.2, -0.15) is 0 Å². The Bertz CT molecular complexity index is 621. The number of hydrogen-bond acceptors (Lipinski definition) is 3. The monoisotopic (exact) mass is 423 g/mol. The Hall–Kier alpha value is -0.753. The van der Waals surface area contributed by atoms with Gasteiger partial charge >= 0.3 is 0 Å². The lowest BCUT2D eigenvalue weighted by Gasteiger charge is -2.48. The summed E-state index contributed by atoms with van der Waals surface area (Å²) in [5, 5.41) is 0. The van der Waals surface area contributed by atoms with Crippen molar-refractivity contribution in [3.8, 4) is 0 Å². The lowest BCUT2D eigenvalue weighted by atomic mass is 9.86. The van der Waals surface area contributed by atoms with E-state index in [0.717, 1.165) is 35.8 Å². The van der Waals surface area contributed by atoms with Crippen LogP contribution in [0, 0.1) is 12.8 Å². The molecule has 1 aromatic carbocycles. The third-order valence-corrected chi connectivity index (χ3v) is 7.87. The SMILES string of the molecule is Cc1cc(N2CCCN(CC[N+](C)(C)C(C)(C)C(C)C[Si])CC2)ccc1N.[Cl-]. The fourth-order valence-corrected chi connectivity index (χ4v) is 4.33. The maximum atomic E-state index is 5.99. The zero-order valence-electron chi connectivity index (χ0n) is 18.8. The molecule has 1 unspecified atom stereocenters. The highest BCUT2D eigenvalue weighted by molar-refractivity contribution is 6.08. The third-order valence-electron chi connectivity index (χ3n) is 7.25. The number of benzene rings is 1. The van der Waals surface area contributed by atoms with Crippen LogP contribution in [-0.2, 0) is 0 Å². The first-order chi connectivity index (χ1) is 12.6. The summed E-state index contributed by atoms with van der Waals surface area (Å²) in [6.07, 6.45) is 1.22. The van der Waals surface area contributed by atoms with Crippen molar-refractivity contribution in [1.29, 1.82) is 0 Å². The molecule has 159 valence electrons. The number of quaternary nitrogens is 1. The van der Waals surface area contributed by atoms with Crippen LogP contribution in [0.3, 0.4) is 0 Å². The van der Waals surface area contributed by atoms with E-state index in [0.29, 0.717) is 5.92 Å². The first kappa shape index (κ1) is 25.3. The molecule has 4 nitrogen and oxygen atoms in total. The highest BCUT2D eigenvalue weighted by atomic mass is 35.5. The van der Waals surface area contributed by atoms with Crippen molar-refractivity contribution >= 4 is 21.6 Å². The summed E-state index contributed by atoms with van der Waals surface area (Å²) in [6, 6.07) is 7.49. The Kier molecular flexibility index (Phi) is 9.33. The van der Waals surface area contributed by atoms with Crippen LogP contribution in [0.5, 0.6) is 0 Å². The van der Waals surface area contributed by atoms with E-state index in [1.807, 2.05) is 6.07 Å². The van der Waals surface area contributed by atoms with Crippen LogP contribution >= 0.6 is 0 Å². The number of aryl methyl sites for hydroxylation is 1. The van der Waals surface area contributed by atoms with E-state index >= 15 is 0 Å². The quantitative estimate of drug-likeness (QED) is 0.385. The van der Waals surface area contributed by atoms with Gasteiger partial charge in [-0.25, -0.2) is 0 Å². The van der Waals surface area contributed by atoms with Crippen molar-refractivity contribution in [2.75, 3.05) is 64.0 Å². The minimum atomic E-state index is 0. The first-order valence-corrected chi connectivity index (χ1v) is 11.1. The Morgan fingerprint density at radius 2 is 1.86 bits per heavy atom. The number of halogens is 1. The van der Waals surface area contributed by atoms with E-state index in [1.165, 1.54) is 37.3 Å². The van der Waals surface area contributed by atoms with Gasteiger partial charge in [0.15, 0.2) is 0 Å². The molecule has 1 aliphatic rings.